The number of hydrogen-bond acceptors (Lipinski definition) is 2. The molecule has 3 nitrogen and oxygen atoms in total. The molecule has 0 spiro atoms. The molecule has 0 aliphatic carbocycles. The first-order chi connectivity index (χ1) is 9.78. The Labute approximate surface area is 121 Å². The molecule has 20 heavy (non-hydrogen) atoms. The maximum Gasteiger partial charge on any atom is 0.119 e. The molecule has 1 unspecified atom stereocenters. The molecule has 0 amide bonds. The molecule has 1 aromatic heterocycles. The molecule has 1 atom stereocenters. The minimum atomic E-state index is 0.717. The first-order valence-corrected chi connectivity index (χ1v) is 7.21. The van der Waals surface area contributed by atoms with Crippen molar-refractivity contribution in [2.24, 2.45) is 0 Å². The molecule has 0 saturated carbocycles. The molecule has 0 saturated heterocycles. The van der Waals surface area contributed by atoms with Gasteiger partial charge in [0, 0.05) is 23.9 Å². The van der Waals surface area contributed by atoms with Crippen LogP contribution in [-0.4, -0.2) is 25.2 Å². The van der Waals surface area contributed by atoms with Gasteiger partial charge in [-0.3, -0.25) is 4.98 Å². The Hall–Kier alpha value is -1.87. The molecule has 1 N–H and O–H groups in total. The van der Waals surface area contributed by atoms with Crippen LogP contribution in [0.25, 0.3) is 0 Å². The summed E-state index contributed by atoms with van der Waals surface area (Å²) < 4.78 is 5.46. The van der Waals surface area contributed by atoms with Crippen molar-refractivity contribution in [2.45, 2.75) is 19.9 Å². The Morgan fingerprint density at radius 1 is 1.10 bits per heavy atom. The largest absolute Gasteiger partial charge is 0.494 e. The molecule has 2 aromatic rings. The molecule has 0 radical (unpaired) electrons. The third-order valence-electron chi connectivity index (χ3n) is 3.27. The summed E-state index contributed by atoms with van der Waals surface area (Å²) in [6.45, 7) is 4.83. The van der Waals surface area contributed by atoms with Gasteiger partial charge in [0.2, 0.25) is 0 Å². The molecule has 1 heterocycles. The van der Waals surface area contributed by atoms with Crippen LogP contribution in [0.3, 0.4) is 0 Å². The van der Waals surface area contributed by atoms with E-state index in [-0.39, 0.29) is 0 Å². The van der Waals surface area contributed by atoms with Crippen LogP contribution >= 0.6 is 0 Å². The lowest BCUT2D eigenvalue weighted by molar-refractivity contribution is -0.893. The Bertz CT molecular complexity index is 496. The number of rotatable bonds is 7. The zero-order valence-electron chi connectivity index (χ0n) is 12.3. The molecule has 0 fully saturated rings. The third kappa shape index (κ3) is 4.67. The third-order valence-corrected chi connectivity index (χ3v) is 3.27. The second-order valence-electron chi connectivity index (χ2n) is 5.03. The summed E-state index contributed by atoms with van der Waals surface area (Å²) >= 11 is 0. The van der Waals surface area contributed by atoms with E-state index in [1.807, 2.05) is 37.4 Å². The standard InChI is InChI=1S/C17H22N2O/c1-3-20-17-9-7-15(8-10-17)14-19(2)13-11-16-6-4-5-12-18-16/h4-10,12H,3,11,13-14H2,1-2H3/p+1. The Balaban J connectivity index is 1.80. The van der Waals surface area contributed by atoms with Crippen LogP contribution in [0.2, 0.25) is 0 Å². The SMILES string of the molecule is CCOc1ccc(C[NH+](C)CCc2ccccn2)cc1. The fourth-order valence-electron chi connectivity index (χ4n) is 2.19. The summed E-state index contributed by atoms with van der Waals surface area (Å²) in [5.41, 5.74) is 2.51. The molecule has 0 bridgehead atoms. The molecule has 2 rings (SSSR count). The van der Waals surface area contributed by atoms with Gasteiger partial charge in [0.25, 0.3) is 0 Å². The molecule has 0 aliphatic rings. The Morgan fingerprint density at radius 2 is 1.90 bits per heavy atom. The zero-order chi connectivity index (χ0) is 14.2. The van der Waals surface area contributed by atoms with Gasteiger partial charge < -0.3 is 9.64 Å². The van der Waals surface area contributed by atoms with Crippen LogP contribution in [0.1, 0.15) is 18.2 Å². The number of nitrogens with zero attached hydrogens (tertiary/aromatic N) is 1. The van der Waals surface area contributed by atoms with E-state index in [0.29, 0.717) is 6.61 Å². The average molecular weight is 271 g/mol. The average Bonchev–Trinajstić information content (AvgIpc) is 2.49. The number of aromatic nitrogens is 1. The number of pyridine rings is 1. The van der Waals surface area contributed by atoms with Crippen LogP contribution in [0.5, 0.6) is 5.75 Å². The predicted octanol–water partition coefficient (Wildman–Crippen LogP) is 1.74. The van der Waals surface area contributed by atoms with E-state index in [0.717, 1.165) is 25.3 Å². The smallest absolute Gasteiger partial charge is 0.119 e. The monoisotopic (exact) mass is 271 g/mol. The topological polar surface area (TPSA) is 26.6 Å². The van der Waals surface area contributed by atoms with Gasteiger partial charge in [-0.25, -0.2) is 0 Å². The predicted molar refractivity (Wildman–Crippen MR) is 81.0 cm³/mol. The van der Waals surface area contributed by atoms with Gasteiger partial charge in [-0.05, 0) is 43.3 Å². The number of nitrogens with one attached hydrogen (secondary N) is 1. The summed E-state index contributed by atoms with van der Waals surface area (Å²) in [5.74, 6) is 0.947. The maximum atomic E-state index is 5.46. The zero-order valence-corrected chi connectivity index (χ0v) is 12.3. The number of ether oxygens (including phenoxy) is 1. The van der Waals surface area contributed by atoms with Crippen molar-refractivity contribution in [3.05, 3.63) is 59.9 Å². The van der Waals surface area contributed by atoms with Crippen molar-refractivity contribution in [1.29, 1.82) is 0 Å². The first kappa shape index (κ1) is 14.5. The molecule has 1 aromatic carbocycles. The maximum absolute atomic E-state index is 5.46. The van der Waals surface area contributed by atoms with Crippen LogP contribution in [0.15, 0.2) is 48.7 Å². The number of likely N-dealkylation sites (N-methyl/N-ethyl adjacent to an activating group) is 1. The normalized spacial score (nSPS) is 12.1. The summed E-state index contributed by atoms with van der Waals surface area (Å²) in [5, 5.41) is 0. The fraction of sp³-hybridized carbons (Fsp3) is 0.353. The Kier molecular flexibility index (Phi) is 5.56. The lowest BCUT2D eigenvalue weighted by Crippen LogP contribution is -3.07. The van der Waals surface area contributed by atoms with Crippen molar-refractivity contribution in [1.82, 2.24) is 4.98 Å². The highest BCUT2D eigenvalue weighted by atomic mass is 16.5. The fourth-order valence-corrected chi connectivity index (χ4v) is 2.19. The summed E-state index contributed by atoms with van der Waals surface area (Å²) in [4.78, 5) is 5.85. The molecule has 0 aliphatic heterocycles. The minimum absolute atomic E-state index is 0.717. The van der Waals surface area contributed by atoms with Crippen molar-refractivity contribution in [2.75, 3.05) is 20.2 Å². The number of hydrogen-bond donors (Lipinski definition) is 1. The summed E-state index contributed by atoms with van der Waals surface area (Å²) in [6, 6.07) is 14.5. The lowest BCUT2D eigenvalue weighted by atomic mass is 10.2. The molecular weight excluding hydrogens is 248 g/mol. The second kappa shape index (κ2) is 7.65. The molecular formula is C17H23N2O+. The van der Waals surface area contributed by atoms with Gasteiger partial charge in [0.05, 0.1) is 20.2 Å². The van der Waals surface area contributed by atoms with E-state index >= 15 is 0 Å². The van der Waals surface area contributed by atoms with Crippen LogP contribution in [0, 0.1) is 0 Å². The van der Waals surface area contributed by atoms with E-state index in [1.165, 1.54) is 16.2 Å². The van der Waals surface area contributed by atoms with Crippen molar-refractivity contribution >= 4 is 0 Å². The first-order valence-electron chi connectivity index (χ1n) is 7.21. The van der Waals surface area contributed by atoms with Crippen LogP contribution < -0.4 is 9.64 Å². The highest BCUT2D eigenvalue weighted by Crippen LogP contribution is 2.11. The van der Waals surface area contributed by atoms with Crippen molar-refractivity contribution in [3.8, 4) is 5.75 Å². The highest BCUT2D eigenvalue weighted by molar-refractivity contribution is 5.26. The van der Waals surface area contributed by atoms with Gasteiger partial charge in [-0.1, -0.05) is 6.07 Å². The van der Waals surface area contributed by atoms with Gasteiger partial charge in [0.15, 0.2) is 0 Å². The summed E-state index contributed by atoms with van der Waals surface area (Å²) in [7, 11) is 2.22. The lowest BCUT2D eigenvalue weighted by Gasteiger charge is -2.14. The van der Waals surface area contributed by atoms with Crippen molar-refractivity contribution in [3.63, 3.8) is 0 Å². The Morgan fingerprint density at radius 3 is 2.55 bits per heavy atom. The van der Waals surface area contributed by atoms with E-state index < -0.39 is 0 Å². The second-order valence-corrected chi connectivity index (χ2v) is 5.03. The van der Waals surface area contributed by atoms with E-state index in [4.69, 9.17) is 4.74 Å². The van der Waals surface area contributed by atoms with Crippen molar-refractivity contribution < 1.29 is 9.64 Å². The van der Waals surface area contributed by atoms with E-state index in [1.54, 1.807) is 0 Å². The molecule has 3 heteroatoms. The van der Waals surface area contributed by atoms with Gasteiger partial charge >= 0.3 is 0 Å². The van der Waals surface area contributed by atoms with Crippen LogP contribution in [-0.2, 0) is 13.0 Å². The number of quaternary nitrogens is 1. The van der Waals surface area contributed by atoms with Gasteiger partial charge in [0.1, 0.15) is 12.3 Å². The van der Waals surface area contributed by atoms with E-state index in [9.17, 15) is 0 Å². The number of benzene rings is 1. The van der Waals surface area contributed by atoms with Gasteiger partial charge in [-0.2, -0.15) is 0 Å². The van der Waals surface area contributed by atoms with Gasteiger partial charge in [-0.15, -0.1) is 0 Å². The molecule has 106 valence electrons. The van der Waals surface area contributed by atoms with E-state index in [2.05, 4.69) is 30.2 Å². The quantitative estimate of drug-likeness (QED) is 0.830. The summed E-state index contributed by atoms with van der Waals surface area (Å²) in [6.07, 6.45) is 2.88. The minimum Gasteiger partial charge on any atom is -0.494 e. The van der Waals surface area contributed by atoms with Crippen LogP contribution in [0.4, 0.5) is 0 Å². The highest BCUT2D eigenvalue weighted by Gasteiger charge is 2.05.